The zero-order valence-corrected chi connectivity index (χ0v) is 25.4. The Morgan fingerprint density at radius 3 is 1.63 bits per heavy atom. The Balaban J connectivity index is 1.33. The van der Waals surface area contributed by atoms with Crippen LogP contribution in [0, 0.1) is 20.8 Å². The second-order valence-corrected chi connectivity index (χ2v) is 12.0. The van der Waals surface area contributed by atoms with E-state index in [1.54, 1.807) is 0 Å². The normalized spacial score (nSPS) is 11.1. The summed E-state index contributed by atoms with van der Waals surface area (Å²) >= 11 is -2.95. The lowest BCUT2D eigenvalue weighted by atomic mass is 9.95. The predicted molar refractivity (Wildman–Crippen MR) is 175 cm³/mol. The molecule has 0 unspecified atom stereocenters. The highest BCUT2D eigenvalue weighted by Crippen LogP contribution is 2.37. The van der Waals surface area contributed by atoms with Gasteiger partial charge >= 0.3 is 15.1 Å². The summed E-state index contributed by atoms with van der Waals surface area (Å²) < 4.78 is 20.1. The number of para-hydroxylation sites is 2. The van der Waals surface area contributed by atoms with Crippen molar-refractivity contribution in [2.24, 2.45) is 0 Å². The number of benzene rings is 5. The van der Waals surface area contributed by atoms with Gasteiger partial charge in [-0.15, -0.1) is 0 Å². The molecule has 2 heterocycles. The monoisotopic (exact) mass is 576 g/mol. The first-order chi connectivity index (χ1) is 21.0. The fraction of sp³-hybridized carbons (Fsp3) is 0.0811. The van der Waals surface area contributed by atoms with Crippen molar-refractivity contribution < 1.29 is 11.4 Å². The van der Waals surface area contributed by atoms with Crippen LogP contribution in [0.3, 0.4) is 0 Å². The van der Waals surface area contributed by atoms with Gasteiger partial charge in [-0.25, -0.2) is 9.97 Å². The second-order valence-electron chi connectivity index (χ2n) is 10.7. The van der Waals surface area contributed by atoms with Gasteiger partial charge in [-0.3, -0.25) is 0 Å². The number of hydrogen-bond donors (Lipinski definition) is 0. The molecule has 0 aliphatic heterocycles. The fourth-order valence-electron chi connectivity index (χ4n) is 5.49. The molecule has 7 rings (SSSR count). The number of aryl methyl sites for hydroxylation is 3. The Labute approximate surface area is 255 Å². The predicted octanol–water partition coefficient (Wildman–Crippen LogP) is 9.05. The third-order valence-electron chi connectivity index (χ3n) is 7.63. The Morgan fingerprint density at radius 1 is 0.442 bits per heavy atom. The Morgan fingerprint density at radius 2 is 1.00 bits per heavy atom. The highest BCUT2D eigenvalue weighted by Gasteiger charge is 2.45. The molecule has 0 radical (unpaired) electrons. The minimum Gasteiger partial charge on any atom is -0.577 e. The largest absolute Gasteiger partial charge is 1.20 e. The summed E-state index contributed by atoms with van der Waals surface area (Å²) in [5, 5.41) is 4.08. The lowest BCUT2D eigenvalue weighted by Crippen LogP contribution is -2.37. The zero-order valence-electron chi connectivity index (χ0n) is 24.2. The maximum atomic E-state index is 6.75. The maximum Gasteiger partial charge on any atom is 1.20 e. The highest BCUT2D eigenvalue weighted by molar-refractivity contribution is 6.40. The molecule has 5 aromatic carbocycles. The molecule has 0 atom stereocenters. The van der Waals surface area contributed by atoms with Gasteiger partial charge in [0.25, 0.3) is 0 Å². The van der Waals surface area contributed by atoms with E-state index in [1.807, 2.05) is 74.5 Å². The van der Waals surface area contributed by atoms with Gasteiger partial charge in [-0.1, -0.05) is 91.0 Å². The standard InChI is InChI=1S/C17H14O.2C10H9NO.Al/c1-12-6-2-3-7-13(12)15-10-11-17(18)16-9-5-4-8-14(15)16;2*1-7-5-6-8-3-2-4-9(12)10(8)11-7;/h2-11,18H,1H3;2*2-6,12H,1H3;/q;;;+3/p-3. The minimum absolute atomic E-state index is 0.628. The molecule has 0 bridgehead atoms. The molecule has 0 aliphatic rings. The van der Waals surface area contributed by atoms with Crippen molar-refractivity contribution in [3.05, 3.63) is 138 Å². The number of aromatic nitrogens is 2. The van der Waals surface area contributed by atoms with Crippen LogP contribution in [0.5, 0.6) is 17.2 Å². The zero-order chi connectivity index (χ0) is 29.3. The number of hydrogen-bond acceptors (Lipinski definition) is 5. The van der Waals surface area contributed by atoms with E-state index in [0.717, 1.165) is 49.5 Å². The molecule has 6 heteroatoms. The number of nitrogens with zero attached hydrogens (tertiary/aromatic N) is 2. The van der Waals surface area contributed by atoms with E-state index in [9.17, 15) is 0 Å². The van der Waals surface area contributed by atoms with Crippen LogP contribution in [-0.4, -0.2) is 25.1 Å². The van der Waals surface area contributed by atoms with Gasteiger partial charge in [0.05, 0.1) is 5.75 Å². The molecule has 2 aromatic heterocycles. The Bertz CT molecular complexity index is 2040. The van der Waals surface area contributed by atoms with Crippen LogP contribution < -0.4 is 11.4 Å². The molecule has 0 aliphatic carbocycles. The molecule has 7 aromatic rings. The van der Waals surface area contributed by atoms with Crippen molar-refractivity contribution in [1.82, 2.24) is 9.97 Å². The van der Waals surface area contributed by atoms with Crippen molar-refractivity contribution in [1.29, 1.82) is 0 Å². The maximum absolute atomic E-state index is 6.75. The molecule has 0 fully saturated rings. The third kappa shape index (κ3) is 5.39. The summed E-state index contributed by atoms with van der Waals surface area (Å²) in [4.78, 5) is 9.56. The first kappa shape index (κ1) is 27.0. The summed E-state index contributed by atoms with van der Waals surface area (Å²) in [7, 11) is 0. The first-order valence-electron chi connectivity index (χ1n) is 14.3. The molecule has 5 nitrogen and oxygen atoms in total. The highest BCUT2D eigenvalue weighted by atomic mass is 27.3. The molecule has 208 valence electrons. The molecule has 0 saturated carbocycles. The average Bonchev–Trinajstić information content (AvgIpc) is 3.02. The average molecular weight is 577 g/mol. The van der Waals surface area contributed by atoms with Crippen LogP contribution in [0.4, 0.5) is 0 Å². The molecular formula is C37H29AlN2O3. The molecule has 0 amide bonds. The van der Waals surface area contributed by atoms with Crippen LogP contribution in [0.15, 0.2) is 121 Å². The lowest BCUT2D eigenvalue weighted by Gasteiger charge is -2.20. The van der Waals surface area contributed by atoms with E-state index in [4.69, 9.17) is 21.3 Å². The lowest BCUT2D eigenvalue weighted by molar-refractivity contribution is 0.311. The van der Waals surface area contributed by atoms with Gasteiger partial charge in [0.15, 0.2) is 0 Å². The van der Waals surface area contributed by atoms with Gasteiger partial charge in [0, 0.05) is 27.5 Å². The van der Waals surface area contributed by atoms with E-state index >= 15 is 0 Å². The van der Waals surface area contributed by atoms with Crippen molar-refractivity contribution in [3.63, 3.8) is 0 Å². The van der Waals surface area contributed by atoms with E-state index in [0.29, 0.717) is 17.2 Å². The fourth-order valence-corrected chi connectivity index (χ4v) is 6.84. The molecule has 0 saturated heterocycles. The van der Waals surface area contributed by atoms with E-state index in [2.05, 4.69) is 67.6 Å². The van der Waals surface area contributed by atoms with Gasteiger partial charge in [-0.2, -0.15) is 0 Å². The summed E-state index contributed by atoms with van der Waals surface area (Å²) in [6.07, 6.45) is 0. The number of fused-ring (bicyclic) bond motifs is 3. The van der Waals surface area contributed by atoms with E-state index < -0.39 is 15.1 Å². The van der Waals surface area contributed by atoms with Crippen LogP contribution in [0.2, 0.25) is 0 Å². The minimum atomic E-state index is -2.95. The van der Waals surface area contributed by atoms with Crippen molar-refractivity contribution >= 4 is 47.7 Å². The molecule has 43 heavy (non-hydrogen) atoms. The summed E-state index contributed by atoms with van der Waals surface area (Å²) in [6.45, 7) is 6.09. The van der Waals surface area contributed by atoms with Crippen molar-refractivity contribution in [3.8, 4) is 28.4 Å². The Hall–Kier alpha value is -4.89. The van der Waals surface area contributed by atoms with E-state index in [1.165, 1.54) is 11.1 Å². The van der Waals surface area contributed by atoms with E-state index in [-0.39, 0.29) is 0 Å². The summed E-state index contributed by atoms with van der Waals surface area (Å²) in [5.41, 5.74) is 6.95. The van der Waals surface area contributed by atoms with Crippen LogP contribution >= 0.6 is 0 Å². The molecular weight excluding hydrogens is 547 g/mol. The third-order valence-corrected chi connectivity index (χ3v) is 8.97. The molecule has 0 spiro atoms. The van der Waals surface area contributed by atoms with Gasteiger partial charge in [0.2, 0.25) is 0 Å². The van der Waals surface area contributed by atoms with Gasteiger partial charge in [-0.05, 0) is 73.2 Å². The van der Waals surface area contributed by atoms with Gasteiger partial charge < -0.3 is 11.4 Å². The van der Waals surface area contributed by atoms with Crippen molar-refractivity contribution in [2.45, 2.75) is 20.8 Å². The quantitative estimate of drug-likeness (QED) is 0.177. The first-order valence-corrected chi connectivity index (χ1v) is 15.8. The van der Waals surface area contributed by atoms with Crippen LogP contribution in [0.1, 0.15) is 17.0 Å². The Kier molecular flexibility index (Phi) is 7.16. The van der Waals surface area contributed by atoms with Gasteiger partial charge in [0.1, 0.15) is 22.5 Å². The topological polar surface area (TPSA) is 53.5 Å². The summed E-state index contributed by atoms with van der Waals surface area (Å²) in [6, 6.07) is 40.8. The smallest absolute Gasteiger partial charge is 0.577 e. The number of rotatable bonds is 7. The van der Waals surface area contributed by atoms with Crippen molar-refractivity contribution in [2.75, 3.05) is 0 Å². The summed E-state index contributed by atoms with van der Waals surface area (Å²) in [5.74, 6) is 1.96. The van der Waals surface area contributed by atoms with Crippen LogP contribution in [-0.2, 0) is 0 Å². The number of pyridine rings is 2. The SMILES string of the molecule is Cc1ccc2cccc([O][Al]([O]c3ccc(-c4ccccc4C)c4ccccc34)[O]c3cccc4ccc(C)nc34)c2n1. The van der Waals surface area contributed by atoms with Crippen LogP contribution in [0.25, 0.3) is 43.7 Å². The second kappa shape index (κ2) is 11.4. The molecule has 0 N–H and O–H groups in total.